The average Bonchev–Trinajstić information content (AvgIpc) is 2.39. The Morgan fingerprint density at radius 3 is 3.18 bits per heavy atom. The van der Waals surface area contributed by atoms with Crippen molar-refractivity contribution in [3.05, 3.63) is 24.5 Å². The van der Waals surface area contributed by atoms with Gasteiger partial charge >= 0.3 is 0 Å². The normalized spacial score (nSPS) is 9.91. The van der Waals surface area contributed by atoms with E-state index in [4.69, 9.17) is 0 Å². The van der Waals surface area contributed by atoms with Crippen LogP contribution in [0.4, 0.5) is 0 Å². The highest BCUT2D eigenvalue weighted by Gasteiger charge is 1.98. The Bertz CT molecular complexity index is 227. The van der Waals surface area contributed by atoms with Crippen LogP contribution >= 0.6 is 0 Å². The van der Waals surface area contributed by atoms with Crippen LogP contribution in [0.1, 0.15) is 19.0 Å². The van der Waals surface area contributed by atoms with Crippen molar-refractivity contribution in [2.75, 3.05) is 0 Å². The monoisotopic (exact) mass is 151 g/mol. The highest BCUT2D eigenvalue weighted by Crippen LogP contribution is 1.98. The van der Waals surface area contributed by atoms with Crippen molar-refractivity contribution < 1.29 is 0 Å². The first kappa shape index (κ1) is 7.98. The molecule has 0 bridgehead atoms. The van der Waals surface area contributed by atoms with Crippen LogP contribution in [0.2, 0.25) is 0 Å². The van der Waals surface area contributed by atoms with E-state index in [9.17, 15) is 0 Å². The number of hydrogen-bond acceptors (Lipinski definition) is 2. The molecular formula is C8H13N3. The van der Waals surface area contributed by atoms with Gasteiger partial charge in [0, 0.05) is 13.0 Å². The first-order valence-electron chi connectivity index (χ1n) is 3.86. The number of allylic oxidation sites excluding steroid dienone is 1. The van der Waals surface area contributed by atoms with Crippen molar-refractivity contribution in [2.24, 2.45) is 0 Å². The lowest BCUT2D eigenvalue weighted by atomic mass is 10.3. The first-order chi connectivity index (χ1) is 5.38. The first-order valence-corrected chi connectivity index (χ1v) is 3.86. The molecule has 0 atom stereocenters. The van der Waals surface area contributed by atoms with Crippen LogP contribution in [0.25, 0.3) is 0 Å². The second-order valence-corrected chi connectivity index (χ2v) is 2.44. The quantitative estimate of drug-likeness (QED) is 0.609. The summed E-state index contributed by atoms with van der Waals surface area (Å²) in [6.07, 6.45) is 5.60. The minimum atomic E-state index is 0.854. The van der Waals surface area contributed by atoms with E-state index in [0.717, 1.165) is 25.1 Å². The maximum atomic E-state index is 3.94. The topological polar surface area (TPSA) is 30.7 Å². The van der Waals surface area contributed by atoms with Crippen LogP contribution in [0.5, 0.6) is 0 Å². The summed E-state index contributed by atoms with van der Waals surface area (Å²) in [4.78, 5) is 0. The molecule has 0 aliphatic heterocycles. The summed E-state index contributed by atoms with van der Waals surface area (Å²) in [5, 5.41) is 7.77. The summed E-state index contributed by atoms with van der Waals surface area (Å²) < 4.78 is 1.92. The van der Waals surface area contributed by atoms with Crippen molar-refractivity contribution >= 4 is 0 Å². The van der Waals surface area contributed by atoms with Crippen LogP contribution in [0.3, 0.4) is 0 Å². The zero-order valence-electron chi connectivity index (χ0n) is 6.82. The van der Waals surface area contributed by atoms with E-state index in [1.54, 1.807) is 6.20 Å². The summed E-state index contributed by atoms with van der Waals surface area (Å²) in [7, 11) is 0. The summed E-state index contributed by atoms with van der Waals surface area (Å²) in [6, 6.07) is 0. The fourth-order valence-electron chi connectivity index (χ4n) is 0.985. The third kappa shape index (κ3) is 1.90. The fourth-order valence-corrected chi connectivity index (χ4v) is 0.985. The number of hydrogen-bond donors (Lipinski definition) is 0. The molecule has 3 nitrogen and oxygen atoms in total. The van der Waals surface area contributed by atoms with Crippen LogP contribution in [0.15, 0.2) is 18.9 Å². The highest BCUT2D eigenvalue weighted by atomic mass is 15.4. The van der Waals surface area contributed by atoms with Crippen molar-refractivity contribution in [3.63, 3.8) is 0 Å². The minimum Gasteiger partial charge on any atom is -0.249 e. The lowest BCUT2D eigenvalue weighted by Gasteiger charge is -2.00. The van der Waals surface area contributed by atoms with E-state index >= 15 is 0 Å². The third-order valence-electron chi connectivity index (χ3n) is 1.49. The molecule has 0 aromatic carbocycles. The van der Waals surface area contributed by atoms with Gasteiger partial charge < -0.3 is 0 Å². The number of aryl methyl sites for hydroxylation is 1. The lowest BCUT2D eigenvalue weighted by Crippen LogP contribution is -2.03. The van der Waals surface area contributed by atoms with E-state index in [0.29, 0.717) is 0 Å². The molecule has 0 spiro atoms. The Labute approximate surface area is 66.7 Å². The van der Waals surface area contributed by atoms with Crippen LogP contribution < -0.4 is 0 Å². The zero-order chi connectivity index (χ0) is 8.10. The van der Waals surface area contributed by atoms with Crippen molar-refractivity contribution in [1.29, 1.82) is 0 Å². The molecule has 1 heterocycles. The standard InChI is InChI=1S/C8H13N3/c1-3-5-8-7-9-10-11(8)6-4-2/h3,7H,1,4-6H2,2H3. The predicted octanol–water partition coefficient (Wildman–Crippen LogP) is 1.42. The van der Waals surface area contributed by atoms with Gasteiger partial charge in [-0.2, -0.15) is 0 Å². The number of rotatable bonds is 4. The Balaban J connectivity index is 2.69. The predicted molar refractivity (Wildman–Crippen MR) is 44.2 cm³/mol. The third-order valence-corrected chi connectivity index (χ3v) is 1.49. The van der Waals surface area contributed by atoms with Gasteiger partial charge in [0.25, 0.3) is 0 Å². The number of aromatic nitrogens is 3. The van der Waals surface area contributed by atoms with E-state index in [-0.39, 0.29) is 0 Å². The molecule has 0 N–H and O–H groups in total. The van der Waals surface area contributed by atoms with E-state index in [1.165, 1.54) is 0 Å². The molecule has 0 unspecified atom stereocenters. The molecule has 1 aromatic rings. The van der Waals surface area contributed by atoms with Gasteiger partial charge in [-0.3, -0.25) is 0 Å². The minimum absolute atomic E-state index is 0.854. The fraction of sp³-hybridized carbons (Fsp3) is 0.500. The zero-order valence-corrected chi connectivity index (χ0v) is 6.82. The second kappa shape index (κ2) is 3.91. The SMILES string of the molecule is C=CCc1cnnn1CCC. The van der Waals surface area contributed by atoms with Gasteiger partial charge in [0.05, 0.1) is 11.9 Å². The van der Waals surface area contributed by atoms with Gasteiger partial charge in [0.15, 0.2) is 0 Å². The molecule has 1 aromatic heterocycles. The Hall–Kier alpha value is -1.12. The summed E-state index contributed by atoms with van der Waals surface area (Å²) in [5.74, 6) is 0. The molecular weight excluding hydrogens is 138 g/mol. The molecule has 0 aliphatic rings. The average molecular weight is 151 g/mol. The van der Waals surface area contributed by atoms with Gasteiger partial charge in [-0.25, -0.2) is 4.68 Å². The summed E-state index contributed by atoms with van der Waals surface area (Å²) in [5.41, 5.74) is 1.14. The molecule has 0 saturated heterocycles. The highest BCUT2D eigenvalue weighted by molar-refractivity contribution is 4.99. The summed E-state index contributed by atoms with van der Waals surface area (Å²) in [6.45, 7) is 6.74. The largest absolute Gasteiger partial charge is 0.249 e. The maximum absolute atomic E-state index is 3.94. The maximum Gasteiger partial charge on any atom is 0.0728 e. The smallest absolute Gasteiger partial charge is 0.0728 e. The van der Waals surface area contributed by atoms with E-state index in [2.05, 4.69) is 23.8 Å². The number of nitrogens with zero attached hydrogens (tertiary/aromatic N) is 3. The molecule has 0 saturated carbocycles. The molecule has 0 aliphatic carbocycles. The lowest BCUT2D eigenvalue weighted by molar-refractivity contribution is 0.561. The van der Waals surface area contributed by atoms with Gasteiger partial charge in [0.1, 0.15) is 0 Å². The molecule has 11 heavy (non-hydrogen) atoms. The van der Waals surface area contributed by atoms with Gasteiger partial charge in [-0.05, 0) is 6.42 Å². The van der Waals surface area contributed by atoms with Gasteiger partial charge in [-0.15, -0.1) is 11.7 Å². The molecule has 0 amide bonds. The van der Waals surface area contributed by atoms with Crippen LogP contribution in [0, 0.1) is 0 Å². The van der Waals surface area contributed by atoms with Crippen molar-refractivity contribution in [1.82, 2.24) is 15.0 Å². The van der Waals surface area contributed by atoms with Crippen LogP contribution in [-0.2, 0) is 13.0 Å². The summed E-state index contributed by atoms with van der Waals surface area (Å²) >= 11 is 0. The van der Waals surface area contributed by atoms with Crippen LogP contribution in [-0.4, -0.2) is 15.0 Å². The van der Waals surface area contributed by atoms with Gasteiger partial charge in [0.2, 0.25) is 0 Å². The molecule has 1 rings (SSSR count). The second-order valence-electron chi connectivity index (χ2n) is 2.44. The molecule has 0 radical (unpaired) electrons. The van der Waals surface area contributed by atoms with Crippen molar-refractivity contribution in [3.8, 4) is 0 Å². The van der Waals surface area contributed by atoms with Crippen molar-refractivity contribution in [2.45, 2.75) is 26.3 Å². The molecule has 3 heteroatoms. The van der Waals surface area contributed by atoms with E-state index in [1.807, 2.05) is 10.8 Å². The molecule has 0 fully saturated rings. The Kier molecular flexibility index (Phi) is 2.83. The van der Waals surface area contributed by atoms with Gasteiger partial charge in [-0.1, -0.05) is 18.2 Å². The molecule has 60 valence electrons. The Morgan fingerprint density at radius 2 is 2.55 bits per heavy atom. The Morgan fingerprint density at radius 1 is 1.73 bits per heavy atom. The van der Waals surface area contributed by atoms with E-state index < -0.39 is 0 Å².